The van der Waals surface area contributed by atoms with E-state index >= 15 is 0 Å². The summed E-state index contributed by atoms with van der Waals surface area (Å²) in [5, 5.41) is 0.712. The van der Waals surface area contributed by atoms with E-state index in [9.17, 15) is 4.39 Å². The van der Waals surface area contributed by atoms with Gasteiger partial charge in [-0.25, -0.2) is 4.39 Å². The second kappa shape index (κ2) is 12.3. The highest BCUT2D eigenvalue weighted by molar-refractivity contribution is 6.30. The van der Waals surface area contributed by atoms with Crippen LogP contribution in [-0.2, 0) is 15.3 Å². The van der Waals surface area contributed by atoms with Gasteiger partial charge in [0.25, 0.3) is 0 Å². The predicted octanol–water partition coefficient (Wildman–Crippen LogP) is 5.32. The molecule has 7 heteroatoms. The highest BCUT2D eigenvalue weighted by Crippen LogP contribution is 2.36. The molecule has 2 fully saturated rings. The Morgan fingerprint density at radius 3 is 2.50 bits per heavy atom. The van der Waals surface area contributed by atoms with Crippen molar-refractivity contribution in [1.29, 1.82) is 0 Å². The maximum absolute atomic E-state index is 13.4. The van der Waals surface area contributed by atoms with Crippen molar-refractivity contribution < 1.29 is 18.6 Å². The van der Waals surface area contributed by atoms with Crippen LogP contribution in [0.1, 0.15) is 38.2 Å². The van der Waals surface area contributed by atoms with Crippen molar-refractivity contribution in [3.8, 4) is 5.75 Å². The molecule has 2 aliphatic rings. The fourth-order valence-corrected chi connectivity index (χ4v) is 5.02. The van der Waals surface area contributed by atoms with Gasteiger partial charge in [0.2, 0.25) is 0 Å². The molecule has 0 bridgehead atoms. The molecule has 0 spiro atoms. The summed E-state index contributed by atoms with van der Waals surface area (Å²) in [5.74, 6) is -0.122. The van der Waals surface area contributed by atoms with Gasteiger partial charge >= 0.3 is 0 Å². The molecule has 0 saturated carbocycles. The van der Waals surface area contributed by atoms with Crippen LogP contribution in [0, 0.1) is 5.82 Å². The first-order chi connectivity index (χ1) is 16.6. The van der Waals surface area contributed by atoms with Crippen LogP contribution in [0.25, 0.3) is 0 Å². The van der Waals surface area contributed by atoms with E-state index in [2.05, 4.69) is 16.7 Å². The maximum Gasteiger partial charge on any atom is 0.195 e. The Balaban J connectivity index is 1.18. The maximum atomic E-state index is 13.4. The molecule has 0 aromatic heterocycles. The Morgan fingerprint density at radius 2 is 1.82 bits per heavy atom. The van der Waals surface area contributed by atoms with Crippen LogP contribution in [0.4, 0.5) is 4.39 Å². The van der Waals surface area contributed by atoms with E-state index in [0.29, 0.717) is 18.2 Å². The Bertz CT molecular complexity index is 884. The monoisotopic (exact) mass is 490 g/mol. The number of hydrogen-bond donors (Lipinski definition) is 0. The van der Waals surface area contributed by atoms with Crippen LogP contribution >= 0.6 is 11.6 Å². The molecule has 0 N–H and O–H groups in total. The number of likely N-dealkylation sites (tertiary alicyclic amines) is 1. The van der Waals surface area contributed by atoms with Gasteiger partial charge in [-0.1, -0.05) is 36.7 Å². The lowest BCUT2D eigenvalue weighted by Gasteiger charge is -2.34. The predicted molar refractivity (Wildman–Crippen MR) is 133 cm³/mol. The first-order valence-electron chi connectivity index (χ1n) is 12.5. The summed E-state index contributed by atoms with van der Waals surface area (Å²) in [7, 11) is 0. The SMILES string of the molecule is CCN(CCCC1(c2ccc(F)cc2)OCCO1)CCN1CCC(Oc2cccc(Cl)c2)CC1. The highest BCUT2D eigenvalue weighted by Gasteiger charge is 2.38. The van der Waals surface area contributed by atoms with Crippen LogP contribution in [0.3, 0.4) is 0 Å². The van der Waals surface area contributed by atoms with Crippen molar-refractivity contribution in [3.05, 3.63) is 64.9 Å². The van der Waals surface area contributed by atoms with Crippen LogP contribution < -0.4 is 4.74 Å². The molecular formula is C27H36ClFN2O3. The summed E-state index contributed by atoms with van der Waals surface area (Å²) in [6, 6.07) is 14.2. The number of benzene rings is 2. The third-order valence-electron chi connectivity index (χ3n) is 6.83. The zero-order valence-electron chi connectivity index (χ0n) is 20.1. The minimum Gasteiger partial charge on any atom is -0.490 e. The normalized spacial score (nSPS) is 19.1. The van der Waals surface area contributed by atoms with Gasteiger partial charge in [-0.2, -0.15) is 0 Å². The van der Waals surface area contributed by atoms with E-state index in [1.165, 1.54) is 12.1 Å². The number of piperidine rings is 1. The lowest BCUT2D eigenvalue weighted by atomic mass is 10.00. The summed E-state index contributed by atoms with van der Waals surface area (Å²) < 4.78 is 31.5. The number of likely N-dealkylation sites (N-methyl/N-ethyl adjacent to an activating group) is 1. The number of hydrogen-bond acceptors (Lipinski definition) is 5. The van der Waals surface area contributed by atoms with Crippen molar-refractivity contribution >= 4 is 11.6 Å². The van der Waals surface area contributed by atoms with Crippen molar-refractivity contribution in [1.82, 2.24) is 9.80 Å². The molecule has 0 aliphatic carbocycles. The second-order valence-corrected chi connectivity index (χ2v) is 9.55. The molecule has 0 atom stereocenters. The molecule has 0 amide bonds. The standard InChI is InChI=1S/C27H36ClFN2O3/c1-2-30(14-4-13-27(32-19-20-33-27)22-7-9-24(29)10-8-22)17-18-31-15-11-25(12-16-31)34-26-6-3-5-23(28)21-26/h3,5-10,21,25H,2,4,11-20H2,1H3. The van der Waals surface area contributed by atoms with Gasteiger partial charge in [0.1, 0.15) is 17.7 Å². The van der Waals surface area contributed by atoms with Gasteiger partial charge < -0.3 is 24.0 Å². The third kappa shape index (κ3) is 6.92. The van der Waals surface area contributed by atoms with Crippen molar-refractivity contribution in [2.75, 3.05) is 52.5 Å². The Labute approximate surface area is 207 Å². The fraction of sp³-hybridized carbons (Fsp3) is 0.556. The summed E-state index contributed by atoms with van der Waals surface area (Å²) in [6.07, 6.45) is 4.05. The Kier molecular flexibility index (Phi) is 9.20. The molecule has 186 valence electrons. The lowest BCUT2D eigenvalue weighted by molar-refractivity contribution is -0.172. The molecule has 2 aliphatic heterocycles. The number of ether oxygens (including phenoxy) is 3. The van der Waals surface area contributed by atoms with Crippen LogP contribution in [-0.4, -0.2) is 68.4 Å². The molecule has 34 heavy (non-hydrogen) atoms. The van der Waals surface area contributed by atoms with Gasteiger partial charge in [-0.05, 0) is 62.7 Å². The van der Waals surface area contributed by atoms with Crippen molar-refractivity contribution in [2.45, 2.75) is 44.5 Å². The van der Waals surface area contributed by atoms with Crippen molar-refractivity contribution in [2.24, 2.45) is 0 Å². The van der Waals surface area contributed by atoms with Crippen LogP contribution in [0.15, 0.2) is 48.5 Å². The topological polar surface area (TPSA) is 34.2 Å². The second-order valence-electron chi connectivity index (χ2n) is 9.11. The number of nitrogens with zero attached hydrogens (tertiary/aromatic N) is 2. The molecule has 0 unspecified atom stereocenters. The first kappa shape index (κ1) is 25.4. The average molecular weight is 491 g/mol. The number of halogens is 2. The van der Waals surface area contributed by atoms with E-state index in [0.717, 1.165) is 76.3 Å². The van der Waals surface area contributed by atoms with Gasteiger partial charge in [0, 0.05) is 43.2 Å². The Morgan fingerprint density at radius 1 is 1.09 bits per heavy atom. The molecule has 2 heterocycles. The van der Waals surface area contributed by atoms with E-state index in [-0.39, 0.29) is 11.9 Å². The quantitative estimate of drug-likeness (QED) is 0.425. The molecule has 5 nitrogen and oxygen atoms in total. The van der Waals surface area contributed by atoms with Gasteiger partial charge in [0.05, 0.1) is 13.2 Å². The first-order valence-corrected chi connectivity index (χ1v) is 12.8. The van der Waals surface area contributed by atoms with E-state index in [1.807, 2.05) is 24.3 Å². The molecule has 2 aromatic carbocycles. The minimum atomic E-state index is -0.738. The molecule has 2 aromatic rings. The van der Waals surface area contributed by atoms with Gasteiger partial charge in [-0.3, -0.25) is 0 Å². The van der Waals surface area contributed by atoms with Gasteiger partial charge in [-0.15, -0.1) is 0 Å². The lowest BCUT2D eigenvalue weighted by Crippen LogP contribution is -2.42. The zero-order valence-corrected chi connectivity index (χ0v) is 20.8. The average Bonchev–Trinajstić information content (AvgIpc) is 3.32. The zero-order chi connectivity index (χ0) is 23.8. The third-order valence-corrected chi connectivity index (χ3v) is 7.07. The van der Waals surface area contributed by atoms with Crippen molar-refractivity contribution in [3.63, 3.8) is 0 Å². The van der Waals surface area contributed by atoms with Gasteiger partial charge in [0.15, 0.2) is 5.79 Å². The van der Waals surface area contributed by atoms with E-state index in [4.69, 9.17) is 25.8 Å². The Hall–Kier alpha value is -1.70. The molecule has 4 rings (SSSR count). The smallest absolute Gasteiger partial charge is 0.195 e. The van der Waals surface area contributed by atoms with E-state index < -0.39 is 5.79 Å². The fourth-order valence-electron chi connectivity index (χ4n) is 4.84. The minimum absolute atomic E-state index is 0.242. The largest absolute Gasteiger partial charge is 0.490 e. The molecular weight excluding hydrogens is 455 g/mol. The summed E-state index contributed by atoms with van der Waals surface area (Å²) in [4.78, 5) is 5.02. The summed E-state index contributed by atoms with van der Waals surface area (Å²) >= 11 is 6.07. The number of rotatable bonds is 11. The highest BCUT2D eigenvalue weighted by atomic mass is 35.5. The van der Waals surface area contributed by atoms with E-state index in [1.54, 1.807) is 12.1 Å². The summed E-state index contributed by atoms with van der Waals surface area (Å²) in [5.41, 5.74) is 0.900. The van der Waals surface area contributed by atoms with Crippen LogP contribution in [0.2, 0.25) is 5.02 Å². The summed E-state index contributed by atoms with van der Waals surface area (Å²) in [6.45, 7) is 9.58. The molecule has 0 radical (unpaired) electrons. The molecule has 2 saturated heterocycles. The van der Waals surface area contributed by atoms with Crippen LogP contribution in [0.5, 0.6) is 5.75 Å².